The normalized spacial score (nSPS) is 29.7. The molecule has 0 spiro atoms. The monoisotopic (exact) mass is 395 g/mol. The van der Waals surface area contributed by atoms with E-state index in [0.717, 1.165) is 17.8 Å². The summed E-state index contributed by atoms with van der Waals surface area (Å²) in [6.07, 6.45) is 7.70. The van der Waals surface area contributed by atoms with E-state index in [1.807, 2.05) is 0 Å². The van der Waals surface area contributed by atoms with Gasteiger partial charge in [-0.2, -0.15) is 0 Å². The molecule has 29 heavy (non-hydrogen) atoms. The van der Waals surface area contributed by atoms with E-state index < -0.39 is 18.2 Å². The molecule has 4 saturated carbocycles. The van der Waals surface area contributed by atoms with E-state index in [2.05, 4.69) is 5.32 Å². The van der Waals surface area contributed by atoms with Crippen LogP contribution >= 0.6 is 0 Å². The van der Waals surface area contributed by atoms with E-state index in [0.29, 0.717) is 17.5 Å². The molecule has 1 heterocycles. The van der Waals surface area contributed by atoms with Crippen LogP contribution in [0.4, 0.5) is 0 Å². The summed E-state index contributed by atoms with van der Waals surface area (Å²) in [7, 11) is 0. The van der Waals surface area contributed by atoms with Gasteiger partial charge in [0.15, 0.2) is 6.61 Å². The third-order valence-corrected chi connectivity index (χ3v) is 7.02. The van der Waals surface area contributed by atoms with Gasteiger partial charge in [-0.05, 0) is 73.8 Å². The van der Waals surface area contributed by atoms with Gasteiger partial charge < -0.3 is 14.5 Å². The molecular formula is C23H25NO5. The summed E-state index contributed by atoms with van der Waals surface area (Å²) in [4.78, 5) is 36.6. The smallest absolute Gasteiger partial charge is 0.351 e. The molecule has 0 radical (unpaired) electrons. The summed E-state index contributed by atoms with van der Waals surface area (Å²) in [5.41, 5.74) is -0.323. The molecule has 6 rings (SSSR count). The standard InChI is InChI=1S/C23H25NO5/c25-20(24-13-23-9-14-5-15(10-23)7-16(6-14)11-23)12-28-21(26)18-8-17-3-1-2-4-19(17)29-22(18)27/h1-4,8,14-16H,5-7,9-13H2,(H,24,25). The largest absolute Gasteiger partial charge is 0.452 e. The van der Waals surface area contributed by atoms with Crippen LogP contribution in [0.5, 0.6) is 0 Å². The number of para-hydroxylation sites is 1. The first-order valence-electron chi connectivity index (χ1n) is 10.5. The Kier molecular flexibility index (Phi) is 4.45. The van der Waals surface area contributed by atoms with E-state index in [4.69, 9.17) is 9.15 Å². The van der Waals surface area contributed by atoms with E-state index >= 15 is 0 Å². The second-order valence-corrected chi connectivity index (χ2v) is 9.26. The molecule has 4 aliphatic carbocycles. The average Bonchev–Trinajstić information content (AvgIpc) is 2.69. The van der Waals surface area contributed by atoms with Gasteiger partial charge in [-0.3, -0.25) is 4.79 Å². The highest BCUT2D eigenvalue weighted by molar-refractivity contribution is 5.94. The van der Waals surface area contributed by atoms with Crippen molar-refractivity contribution >= 4 is 22.8 Å². The van der Waals surface area contributed by atoms with Crippen LogP contribution in [0.2, 0.25) is 0 Å². The molecule has 1 amide bonds. The zero-order valence-electron chi connectivity index (χ0n) is 16.3. The van der Waals surface area contributed by atoms with Crippen LogP contribution in [0, 0.1) is 23.2 Å². The summed E-state index contributed by atoms with van der Waals surface area (Å²) in [5.74, 6) is 1.31. The third kappa shape index (κ3) is 3.56. The first-order chi connectivity index (χ1) is 14.0. The molecule has 0 unspecified atom stereocenters. The molecule has 4 aliphatic rings. The van der Waals surface area contributed by atoms with Crippen molar-refractivity contribution in [3.8, 4) is 0 Å². The highest BCUT2D eigenvalue weighted by Crippen LogP contribution is 2.59. The van der Waals surface area contributed by atoms with Gasteiger partial charge in [-0.25, -0.2) is 9.59 Å². The number of carbonyl (C=O) groups excluding carboxylic acids is 2. The maximum absolute atomic E-state index is 12.3. The first-order valence-corrected chi connectivity index (χ1v) is 10.5. The molecule has 2 aromatic rings. The van der Waals surface area contributed by atoms with Crippen molar-refractivity contribution < 1.29 is 18.7 Å². The van der Waals surface area contributed by atoms with Crippen LogP contribution in [0.15, 0.2) is 39.5 Å². The molecule has 0 saturated heterocycles. The molecule has 1 aromatic heterocycles. The number of nitrogens with one attached hydrogen (secondary N) is 1. The molecule has 1 N–H and O–H groups in total. The number of amides is 1. The van der Waals surface area contributed by atoms with Crippen LogP contribution in [-0.4, -0.2) is 25.0 Å². The zero-order valence-corrected chi connectivity index (χ0v) is 16.3. The predicted octanol–water partition coefficient (Wildman–Crippen LogP) is 3.28. The molecule has 1 aromatic carbocycles. The maximum Gasteiger partial charge on any atom is 0.351 e. The molecule has 4 fully saturated rings. The van der Waals surface area contributed by atoms with Crippen molar-refractivity contribution in [2.24, 2.45) is 23.2 Å². The van der Waals surface area contributed by atoms with Crippen molar-refractivity contribution in [3.63, 3.8) is 0 Å². The highest BCUT2D eigenvalue weighted by atomic mass is 16.5. The van der Waals surface area contributed by atoms with E-state index in [-0.39, 0.29) is 16.9 Å². The number of rotatable bonds is 5. The highest BCUT2D eigenvalue weighted by Gasteiger charge is 2.50. The topological polar surface area (TPSA) is 85.6 Å². The van der Waals surface area contributed by atoms with Gasteiger partial charge in [0.1, 0.15) is 11.1 Å². The summed E-state index contributed by atoms with van der Waals surface area (Å²) in [6.45, 7) is 0.266. The van der Waals surface area contributed by atoms with Crippen molar-refractivity contribution in [1.82, 2.24) is 5.32 Å². The van der Waals surface area contributed by atoms with E-state index in [1.54, 1.807) is 24.3 Å². The quantitative estimate of drug-likeness (QED) is 0.620. The number of carbonyl (C=O) groups is 2. The van der Waals surface area contributed by atoms with Gasteiger partial charge >= 0.3 is 11.6 Å². The fourth-order valence-corrected chi connectivity index (χ4v) is 6.26. The summed E-state index contributed by atoms with van der Waals surface area (Å²) in [6, 6.07) is 8.38. The SMILES string of the molecule is O=C(COC(=O)c1cc2ccccc2oc1=O)NCC12CC3CC(CC(C3)C1)C2. The van der Waals surface area contributed by atoms with Crippen molar-refractivity contribution in [2.75, 3.05) is 13.2 Å². The molecule has 0 atom stereocenters. The number of ether oxygens (including phenoxy) is 1. The van der Waals surface area contributed by atoms with Crippen LogP contribution in [0.3, 0.4) is 0 Å². The lowest BCUT2D eigenvalue weighted by molar-refractivity contribution is -0.126. The van der Waals surface area contributed by atoms with Gasteiger partial charge in [0.2, 0.25) is 0 Å². The minimum atomic E-state index is -0.838. The van der Waals surface area contributed by atoms with Gasteiger partial charge in [0.05, 0.1) is 0 Å². The number of fused-ring (bicyclic) bond motifs is 1. The van der Waals surface area contributed by atoms with Crippen LogP contribution < -0.4 is 10.9 Å². The molecule has 6 heteroatoms. The van der Waals surface area contributed by atoms with Crippen molar-refractivity contribution in [3.05, 3.63) is 46.3 Å². The van der Waals surface area contributed by atoms with Gasteiger partial charge in [-0.15, -0.1) is 0 Å². The Morgan fingerprint density at radius 3 is 2.41 bits per heavy atom. The fourth-order valence-electron chi connectivity index (χ4n) is 6.26. The third-order valence-electron chi connectivity index (χ3n) is 7.02. The minimum absolute atomic E-state index is 0.197. The molecular weight excluding hydrogens is 370 g/mol. The molecule has 6 nitrogen and oxygen atoms in total. The van der Waals surface area contributed by atoms with Gasteiger partial charge in [-0.1, -0.05) is 18.2 Å². The van der Waals surface area contributed by atoms with Gasteiger partial charge in [0, 0.05) is 11.9 Å². The summed E-state index contributed by atoms with van der Waals surface area (Å²) >= 11 is 0. The Morgan fingerprint density at radius 2 is 1.72 bits per heavy atom. The number of benzene rings is 1. The second kappa shape index (κ2) is 7.01. The zero-order chi connectivity index (χ0) is 20.0. The van der Waals surface area contributed by atoms with Crippen LogP contribution in [0.1, 0.15) is 48.9 Å². The molecule has 0 aliphatic heterocycles. The summed E-state index contributed by atoms with van der Waals surface area (Å²) in [5, 5.41) is 3.60. The Hall–Kier alpha value is -2.63. The Morgan fingerprint density at radius 1 is 1.07 bits per heavy atom. The lowest BCUT2D eigenvalue weighted by Gasteiger charge is -2.56. The molecule has 4 bridgehead atoms. The number of hydrogen-bond donors (Lipinski definition) is 1. The minimum Gasteiger partial charge on any atom is -0.452 e. The lowest BCUT2D eigenvalue weighted by Crippen LogP contribution is -2.51. The maximum atomic E-state index is 12.3. The van der Waals surface area contributed by atoms with Crippen LogP contribution in [-0.2, 0) is 9.53 Å². The van der Waals surface area contributed by atoms with E-state index in [9.17, 15) is 14.4 Å². The van der Waals surface area contributed by atoms with Gasteiger partial charge in [0.25, 0.3) is 5.91 Å². The number of esters is 1. The van der Waals surface area contributed by atoms with Crippen molar-refractivity contribution in [2.45, 2.75) is 38.5 Å². The second-order valence-electron chi connectivity index (χ2n) is 9.26. The lowest BCUT2D eigenvalue weighted by atomic mass is 9.49. The fraction of sp³-hybridized carbons (Fsp3) is 0.522. The predicted molar refractivity (Wildman–Crippen MR) is 106 cm³/mol. The Bertz CT molecular complexity index is 988. The summed E-state index contributed by atoms with van der Waals surface area (Å²) < 4.78 is 10.2. The Balaban J connectivity index is 1.18. The van der Waals surface area contributed by atoms with Crippen LogP contribution in [0.25, 0.3) is 11.0 Å². The molecule has 152 valence electrons. The number of hydrogen-bond acceptors (Lipinski definition) is 5. The average molecular weight is 395 g/mol. The Labute approximate surface area is 168 Å². The van der Waals surface area contributed by atoms with Crippen molar-refractivity contribution in [1.29, 1.82) is 0 Å². The van der Waals surface area contributed by atoms with E-state index in [1.165, 1.54) is 44.6 Å². The first kappa shape index (κ1) is 18.4.